The maximum absolute atomic E-state index is 12.1. The summed E-state index contributed by atoms with van der Waals surface area (Å²) < 4.78 is 6.58. The van der Waals surface area contributed by atoms with Crippen molar-refractivity contribution >= 4 is 45.9 Å². The smallest absolute Gasteiger partial charge is 0.292 e. The molecule has 6 heteroatoms. The van der Waals surface area contributed by atoms with Crippen LogP contribution in [0.2, 0.25) is 5.02 Å². The molecule has 3 rings (SSSR count). The Kier molecular flexibility index (Phi) is 4.44. The van der Waals surface area contributed by atoms with Gasteiger partial charge in [-0.3, -0.25) is 4.79 Å². The predicted molar refractivity (Wildman–Crippen MR) is 94.1 cm³/mol. The third-order valence-corrected chi connectivity index (χ3v) is 3.91. The summed E-state index contributed by atoms with van der Waals surface area (Å²) in [6.07, 6.45) is 1.67. The highest BCUT2D eigenvalue weighted by molar-refractivity contribution is 14.1. The molecule has 110 valence electrons. The molecule has 0 bridgehead atoms. The number of benzene rings is 1. The van der Waals surface area contributed by atoms with Crippen LogP contribution in [0.15, 0.2) is 59.1 Å². The van der Waals surface area contributed by atoms with Crippen molar-refractivity contribution in [2.75, 3.05) is 5.32 Å². The van der Waals surface area contributed by atoms with E-state index in [4.69, 9.17) is 16.0 Å². The van der Waals surface area contributed by atoms with Crippen LogP contribution in [-0.2, 0) is 0 Å². The van der Waals surface area contributed by atoms with E-state index in [0.717, 1.165) is 9.13 Å². The Balaban J connectivity index is 1.80. The molecule has 0 aliphatic carbocycles. The summed E-state index contributed by atoms with van der Waals surface area (Å²) in [6.45, 7) is 0. The Morgan fingerprint density at radius 2 is 1.95 bits per heavy atom. The van der Waals surface area contributed by atoms with Gasteiger partial charge in [-0.25, -0.2) is 4.98 Å². The zero-order chi connectivity index (χ0) is 15.5. The lowest BCUT2D eigenvalue weighted by Crippen LogP contribution is -2.11. The molecule has 0 saturated carbocycles. The summed E-state index contributed by atoms with van der Waals surface area (Å²) in [5.41, 5.74) is 0.746. The van der Waals surface area contributed by atoms with Crippen LogP contribution in [0, 0.1) is 3.57 Å². The SMILES string of the molecule is O=C(Nc1ccc(I)cn1)c1ccc(-c2ccccc2Cl)o1. The monoisotopic (exact) mass is 424 g/mol. The van der Waals surface area contributed by atoms with Crippen molar-refractivity contribution in [2.24, 2.45) is 0 Å². The maximum atomic E-state index is 12.1. The van der Waals surface area contributed by atoms with Crippen molar-refractivity contribution in [1.82, 2.24) is 4.98 Å². The van der Waals surface area contributed by atoms with Crippen LogP contribution in [0.25, 0.3) is 11.3 Å². The number of furan rings is 1. The second kappa shape index (κ2) is 6.50. The fourth-order valence-corrected chi connectivity index (χ4v) is 2.44. The van der Waals surface area contributed by atoms with Gasteiger partial charge in [0.25, 0.3) is 5.91 Å². The molecule has 22 heavy (non-hydrogen) atoms. The molecular weight excluding hydrogens is 415 g/mol. The summed E-state index contributed by atoms with van der Waals surface area (Å²) in [7, 11) is 0. The molecule has 0 spiro atoms. The van der Waals surface area contributed by atoms with Gasteiger partial charge in [0.15, 0.2) is 5.76 Å². The van der Waals surface area contributed by atoms with Crippen molar-refractivity contribution in [1.29, 1.82) is 0 Å². The topological polar surface area (TPSA) is 55.1 Å². The molecule has 0 atom stereocenters. The Morgan fingerprint density at radius 1 is 1.14 bits per heavy atom. The van der Waals surface area contributed by atoms with E-state index in [9.17, 15) is 4.79 Å². The van der Waals surface area contributed by atoms with Gasteiger partial charge in [-0.15, -0.1) is 0 Å². The zero-order valence-corrected chi connectivity index (χ0v) is 14.1. The molecule has 1 N–H and O–H groups in total. The Hall–Kier alpha value is -1.86. The molecule has 0 fully saturated rings. The standard InChI is InChI=1S/C16H10ClIN2O2/c17-12-4-2-1-3-11(12)13-6-7-14(22-13)16(21)20-15-8-5-10(18)9-19-15/h1-9H,(H,19,20,21). The summed E-state index contributed by atoms with van der Waals surface area (Å²) in [5, 5.41) is 3.26. The van der Waals surface area contributed by atoms with Crippen molar-refractivity contribution in [3.8, 4) is 11.3 Å². The number of carbonyl (C=O) groups is 1. The van der Waals surface area contributed by atoms with Gasteiger partial charge < -0.3 is 9.73 Å². The van der Waals surface area contributed by atoms with E-state index in [1.807, 2.05) is 24.3 Å². The van der Waals surface area contributed by atoms with Gasteiger partial charge in [-0.1, -0.05) is 23.7 Å². The summed E-state index contributed by atoms with van der Waals surface area (Å²) >= 11 is 8.27. The number of halogens is 2. The van der Waals surface area contributed by atoms with E-state index < -0.39 is 0 Å². The lowest BCUT2D eigenvalue weighted by molar-refractivity contribution is 0.0997. The second-order valence-electron chi connectivity index (χ2n) is 4.46. The van der Waals surface area contributed by atoms with Crippen molar-refractivity contribution in [3.63, 3.8) is 0 Å². The molecule has 0 unspecified atom stereocenters. The number of anilines is 1. The first kappa shape index (κ1) is 15.1. The van der Waals surface area contributed by atoms with E-state index in [0.29, 0.717) is 16.6 Å². The normalized spacial score (nSPS) is 10.5. The summed E-state index contributed by atoms with van der Waals surface area (Å²) in [4.78, 5) is 16.3. The average Bonchev–Trinajstić information content (AvgIpc) is 3.00. The molecule has 0 saturated heterocycles. The Morgan fingerprint density at radius 3 is 2.68 bits per heavy atom. The second-order valence-corrected chi connectivity index (χ2v) is 6.11. The molecular formula is C16H10ClIN2O2. The molecule has 1 amide bonds. The van der Waals surface area contributed by atoms with Crippen molar-refractivity contribution in [3.05, 3.63) is 69.1 Å². The Bertz CT molecular complexity index is 815. The van der Waals surface area contributed by atoms with E-state index >= 15 is 0 Å². The van der Waals surface area contributed by atoms with E-state index in [2.05, 4.69) is 32.9 Å². The highest BCUT2D eigenvalue weighted by Crippen LogP contribution is 2.29. The first-order chi connectivity index (χ1) is 10.6. The molecule has 3 aromatic rings. The minimum absolute atomic E-state index is 0.204. The van der Waals surface area contributed by atoms with E-state index in [-0.39, 0.29) is 11.7 Å². The van der Waals surface area contributed by atoms with Crippen LogP contribution in [0.1, 0.15) is 10.6 Å². The Labute approximate surface area is 145 Å². The first-order valence-corrected chi connectivity index (χ1v) is 7.87. The first-order valence-electron chi connectivity index (χ1n) is 6.41. The fourth-order valence-electron chi connectivity index (χ4n) is 1.89. The number of nitrogens with one attached hydrogen (secondary N) is 1. The number of amides is 1. The lowest BCUT2D eigenvalue weighted by Gasteiger charge is -2.02. The molecule has 0 radical (unpaired) electrons. The maximum Gasteiger partial charge on any atom is 0.292 e. The number of hydrogen-bond acceptors (Lipinski definition) is 3. The van der Waals surface area contributed by atoms with Gasteiger partial charge in [0.05, 0.1) is 5.02 Å². The van der Waals surface area contributed by atoms with Gasteiger partial charge in [-0.05, 0) is 59.0 Å². The van der Waals surface area contributed by atoms with E-state index in [1.54, 1.807) is 30.5 Å². The zero-order valence-electron chi connectivity index (χ0n) is 11.2. The number of aromatic nitrogens is 1. The van der Waals surface area contributed by atoms with Crippen LogP contribution < -0.4 is 5.32 Å². The highest BCUT2D eigenvalue weighted by Gasteiger charge is 2.14. The van der Waals surface area contributed by atoms with Gasteiger partial charge in [0, 0.05) is 15.3 Å². The predicted octanol–water partition coefficient (Wildman–Crippen LogP) is 4.85. The van der Waals surface area contributed by atoms with Crippen LogP contribution in [0.5, 0.6) is 0 Å². The molecule has 2 aromatic heterocycles. The highest BCUT2D eigenvalue weighted by atomic mass is 127. The number of rotatable bonds is 3. The number of pyridine rings is 1. The summed E-state index contributed by atoms with van der Waals surface area (Å²) in [5.74, 6) is 0.870. The molecule has 1 aromatic carbocycles. The van der Waals surface area contributed by atoms with E-state index in [1.165, 1.54) is 0 Å². The van der Waals surface area contributed by atoms with Gasteiger partial charge >= 0.3 is 0 Å². The van der Waals surface area contributed by atoms with Crippen LogP contribution in [-0.4, -0.2) is 10.9 Å². The van der Waals surface area contributed by atoms with Crippen LogP contribution in [0.3, 0.4) is 0 Å². The quantitative estimate of drug-likeness (QED) is 0.612. The number of hydrogen-bond donors (Lipinski definition) is 1. The summed E-state index contributed by atoms with van der Waals surface area (Å²) in [6, 6.07) is 14.2. The number of nitrogens with zero attached hydrogens (tertiary/aromatic N) is 1. The minimum Gasteiger partial charge on any atom is -0.451 e. The fraction of sp³-hybridized carbons (Fsp3) is 0. The van der Waals surface area contributed by atoms with Crippen molar-refractivity contribution < 1.29 is 9.21 Å². The third kappa shape index (κ3) is 3.31. The van der Waals surface area contributed by atoms with Crippen LogP contribution in [0.4, 0.5) is 5.82 Å². The van der Waals surface area contributed by atoms with Gasteiger partial charge in [-0.2, -0.15) is 0 Å². The average molecular weight is 425 g/mol. The molecule has 0 aliphatic heterocycles. The molecule has 4 nitrogen and oxygen atoms in total. The van der Waals surface area contributed by atoms with Crippen LogP contribution >= 0.6 is 34.2 Å². The minimum atomic E-state index is -0.355. The van der Waals surface area contributed by atoms with Crippen molar-refractivity contribution in [2.45, 2.75) is 0 Å². The number of carbonyl (C=O) groups excluding carboxylic acids is 1. The van der Waals surface area contributed by atoms with Gasteiger partial charge in [0.1, 0.15) is 11.6 Å². The largest absolute Gasteiger partial charge is 0.451 e. The lowest BCUT2D eigenvalue weighted by atomic mass is 10.2. The molecule has 2 heterocycles. The molecule has 0 aliphatic rings. The third-order valence-electron chi connectivity index (χ3n) is 2.94. The van der Waals surface area contributed by atoms with Gasteiger partial charge in [0.2, 0.25) is 0 Å².